The Bertz CT molecular complexity index is 1990. The number of ether oxygens (including phenoxy) is 1. The molecule has 2 aliphatic carbocycles. The molecule has 3 amide bonds. The van der Waals surface area contributed by atoms with Crippen molar-refractivity contribution in [1.82, 2.24) is 24.5 Å². The van der Waals surface area contributed by atoms with E-state index >= 15 is 0 Å². The number of aryl methyl sites for hydroxylation is 1. The van der Waals surface area contributed by atoms with Crippen LogP contribution in [0.2, 0.25) is 0 Å². The highest BCUT2D eigenvalue weighted by Crippen LogP contribution is 2.47. The quantitative estimate of drug-likeness (QED) is 0.270. The topological polar surface area (TPSA) is 152 Å². The second-order valence-corrected chi connectivity index (χ2v) is 17.8. The fourth-order valence-electron chi connectivity index (χ4n) is 7.59. The first-order chi connectivity index (χ1) is 24.8. The van der Waals surface area contributed by atoms with Gasteiger partial charge in [-0.3, -0.25) is 23.7 Å². The molecule has 7 rings (SSSR count). The van der Waals surface area contributed by atoms with Gasteiger partial charge in [0.05, 0.1) is 22.3 Å². The predicted molar refractivity (Wildman–Crippen MR) is 199 cm³/mol. The van der Waals surface area contributed by atoms with Crippen molar-refractivity contribution in [2.45, 2.75) is 120 Å². The third-order valence-corrected chi connectivity index (χ3v) is 13.4. The Morgan fingerprint density at radius 3 is 2.58 bits per heavy atom. The number of nitrogens with zero attached hydrogens (tertiary/aromatic N) is 3. The zero-order valence-electron chi connectivity index (χ0n) is 30.4. The molecule has 3 fully saturated rings. The van der Waals surface area contributed by atoms with Crippen LogP contribution in [-0.2, 0) is 24.4 Å². The molecule has 3 aromatic rings. The van der Waals surface area contributed by atoms with Crippen molar-refractivity contribution in [3.63, 3.8) is 0 Å². The summed E-state index contributed by atoms with van der Waals surface area (Å²) in [6.07, 6.45) is 8.70. The van der Waals surface area contributed by atoms with E-state index in [0.29, 0.717) is 25.3 Å². The molecule has 2 aromatic carbocycles. The molecule has 3 N–H and O–H groups in total. The smallest absolute Gasteiger partial charge is 0.297 e. The van der Waals surface area contributed by atoms with E-state index in [1.165, 1.54) is 0 Å². The van der Waals surface area contributed by atoms with Gasteiger partial charge in [0, 0.05) is 24.1 Å². The van der Waals surface area contributed by atoms with E-state index in [4.69, 9.17) is 9.72 Å². The lowest BCUT2D eigenvalue weighted by Gasteiger charge is -2.30. The van der Waals surface area contributed by atoms with Gasteiger partial charge in [-0.15, -0.1) is 0 Å². The summed E-state index contributed by atoms with van der Waals surface area (Å²) in [6, 6.07) is 14.5. The molecule has 0 unspecified atom stereocenters. The number of anilines is 1. The van der Waals surface area contributed by atoms with E-state index in [1.54, 1.807) is 11.8 Å². The van der Waals surface area contributed by atoms with Crippen LogP contribution >= 0.6 is 0 Å². The third-order valence-electron chi connectivity index (χ3n) is 11.2. The monoisotopic (exact) mass is 730 g/mol. The highest BCUT2D eigenvalue weighted by Gasteiger charge is 2.63. The van der Waals surface area contributed by atoms with Gasteiger partial charge in [0.2, 0.25) is 21.8 Å². The minimum Gasteiger partial charge on any atom is -0.459 e. The number of sulfonamides is 1. The van der Waals surface area contributed by atoms with Gasteiger partial charge in [-0.05, 0) is 96.0 Å². The molecule has 13 heteroatoms. The lowest BCUT2D eigenvalue weighted by molar-refractivity contribution is -0.140. The Kier molecular flexibility index (Phi) is 9.60. The number of carbonyl (C=O) groups is 3. The zero-order chi connectivity index (χ0) is 36.8. The standard InChI is InChI=1S/C39H50N6O6S/c1-25(2)45-32-21-26(3)17-18-30(32)41-37(45)51-29-22-33-34(46)42-39(36(48)43-52(49,50)38(4)19-20-38)23-27(39)13-9-6-5-7-12-16-31(35(47)44(33)24-29)40-28-14-10-8-11-15-28/h8-11,13-15,17-18,21,25,27,29,31,33,40H,5-7,12,16,19-20,22-24H2,1-4H3,(H,42,46)(H,43,48)/b13-9-/t27-,29-,31+,33+,39-/m1/s1. The maximum atomic E-state index is 14.6. The number of allylic oxidation sites excluding steroid dienone is 1. The van der Waals surface area contributed by atoms with Gasteiger partial charge < -0.3 is 20.3 Å². The Morgan fingerprint density at radius 1 is 1.08 bits per heavy atom. The maximum Gasteiger partial charge on any atom is 0.297 e. The van der Waals surface area contributed by atoms with Gasteiger partial charge >= 0.3 is 0 Å². The number of benzene rings is 2. The van der Waals surface area contributed by atoms with Crippen molar-refractivity contribution < 1.29 is 27.5 Å². The molecule has 5 atom stereocenters. The number of hydrogen-bond donors (Lipinski definition) is 3. The largest absolute Gasteiger partial charge is 0.459 e. The predicted octanol–water partition coefficient (Wildman–Crippen LogP) is 5.15. The molecule has 1 aromatic heterocycles. The van der Waals surface area contributed by atoms with E-state index in [9.17, 15) is 22.8 Å². The van der Waals surface area contributed by atoms with Crippen molar-refractivity contribution >= 4 is 44.5 Å². The van der Waals surface area contributed by atoms with Gasteiger partial charge in [-0.25, -0.2) is 8.42 Å². The van der Waals surface area contributed by atoms with Crippen molar-refractivity contribution in [1.29, 1.82) is 0 Å². The first-order valence-electron chi connectivity index (χ1n) is 18.6. The van der Waals surface area contributed by atoms with Crippen LogP contribution in [0.25, 0.3) is 11.0 Å². The molecule has 278 valence electrons. The lowest BCUT2D eigenvalue weighted by atomic mass is 10.0. The van der Waals surface area contributed by atoms with Crippen LogP contribution in [0.4, 0.5) is 5.69 Å². The molecule has 4 aliphatic rings. The molecule has 2 aliphatic heterocycles. The Morgan fingerprint density at radius 2 is 1.85 bits per heavy atom. The Labute approximate surface area is 305 Å². The van der Waals surface area contributed by atoms with Gasteiger partial charge in [0.15, 0.2) is 0 Å². The summed E-state index contributed by atoms with van der Waals surface area (Å²) < 4.78 is 36.2. The average Bonchev–Trinajstić information content (AvgIpc) is 3.93. The van der Waals surface area contributed by atoms with Crippen molar-refractivity contribution in [3.8, 4) is 6.01 Å². The molecular formula is C39H50N6O6S. The highest BCUT2D eigenvalue weighted by atomic mass is 32.2. The molecule has 0 spiro atoms. The minimum atomic E-state index is -3.94. The Balaban J connectivity index is 1.21. The van der Waals surface area contributed by atoms with E-state index in [0.717, 1.165) is 48.0 Å². The fourth-order valence-corrected chi connectivity index (χ4v) is 8.91. The molecule has 12 nitrogen and oxygen atoms in total. The summed E-state index contributed by atoms with van der Waals surface area (Å²) in [5, 5.41) is 6.40. The van der Waals surface area contributed by atoms with E-state index in [1.807, 2.05) is 66.1 Å². The van der Waals surface area contributed by atoms with Crippen molar-refractivity contribution in [2.75, 3.05) is 11.9 Å². The second-order valence-electron chi connectivity index (χ2n) is 15.6. The lowest BCUT2D eigenvalue weighted by Crippen LogP contribution is -2.58. The van der Waals surface area contributed by atoms with Crippen LogP contribution in [0, 0.1) is 12.8 Å². The number of carbonyl (C=O) groups excluding carboxylic acids is 3. The van der Waals surface area contributed by atoms with Gasteiger partial charge in [0.25, 0.3) is 11.9 Å². The SMILES string of the molecule is Cc1ccc2nc(O[C@@H]3C[C@H]4C(=O)N[C@]5(C(=O)NS(=O)(=O)C6(C)CC6)C[C@H]5/C=C\CCCCC[C@H](Nc5ccccc5)C(=O)N4C3)n(C(C)C)c2c1. The van der Waals surface area contributed by atoms with Crippen molar-refractivity contribution in [2.24, 2.45) is 5.92 Å². The number of para-hydroxylation sites is 1. The van der Waals surface area contributed by atoms with E-state index < -0.39 is 50.3 Å². The summed E-state index contributed by atoms with van der Waals surface area (Å²) in [6.45, 7) is 7.90. The zero-order valence-corrected chi connectivity index (χ0v) is 31.2. The Hall–Kier alpha value is -4.39. The molecule has 52 heavy (non-hydrogen) atoms. The minimum absolute atomic E-state index is 0.0328. The molecule has 0 bridgehead atoms. The number of hydrogen-bond acceptors (Lipinski definition) is 8. The number of amides is 3. The first-order valence-corrected chi connectivity index (χ1v) is 20.1. The number of fused-ring (bicyclic) bond motifs is 3. The highest BCUT2D eigenvalue weighted by molar-refractivity contribution is 7.91. The van der Waals surface area contributed by atoms with Crippen LogP contribution < -0.4 is 20.1 Å². The van der Waals surface area contributed by atoms with E-state index in [2.05, 4.69) is 35.3 Å². The fraction of sp³-hybridized carbons (Fsp3) is 0.538. The van der Waals surface area contributed by atoms with Gasteiger partial charge in [-0.1, -0.05) is 49.3 Å². The number of imidazole rings is 1. The molecule has 1 saturated heterocycles. The summed E-state index contributed by atoms with van der Waals surface area (Å²) in [5.41, 5.74) is 2.19. The van der Waals surface area contributed by atoms with Crippen LogP contribution in [0.5, 0.6) is 6.01 Å². The summed E-state index contributed by atoms with van der Waals surface area (Å²) in [5.74, 6) is -1.85. The number of nitrogens with one attached hydrogen (secondary N) is 3. The van der Waals surface area contributed by atoms with Crippen LogP contribution in [0.3, 0.4) is 0 Å². The van der Waals surface area contributed by atoms with Crippen LogP contribution in [0.1, 0.15) is 90.2 Å². The van der Waals surface area contributed by atoms with E-state index in [-0.39, 0.29) is 37.3 Å². The number of aromatic nitrogens is 2. The maximum absolute atomic E-state index is 14.6. The first kappa shape index (κ1) is 36.0. The summed E-state index contributed by atoms with van der Waals surface area (Å²) in [4.78, 5) is 49.3. The van der Waals surface area contributed by atoms with Crippen molar-refractivity contribution in [3.05, 3.63) is 66.2 Å². The molecule has 2 saturated carbocycles. The molecule has 0 radical (unpaired) electrons. The average molecular weight is 731 g/mol. The number of rotatable bonds is 8. The van der Waals surface area contributed by atoms with Crippen LogP contribution in [0.15, 0.2) is 60.7 Å². The molecule has 3 heterocycles. The summed E-state index contributed by atoms with van der Waals surface area (Å²) >= 11 is 0. The molecular weight excluding hydrogens is 681 g/mol. The second kappa shape index (κ2) is 13.9. The van der Waals surface area contributed by atoms with Gasteiger partial charge in [0.1, 0.15) is 23.7 Å². The summed E-state index contributed by atoms with van der Waals surface area (Å²) in [7, 11) is -3.94. The van der Waals surface area contributed by atoms with Gasteiger partial charge in [-0.2, -0.15) is 4.98 Å². The third kappa shape index (κ3) is 7.03. The normalized spacial score (nSPS) is 28.2. The van der Waals surface area contributed by atoms with Crippen LogP contribution in [-0.4, -0.2) is 75.6 Å².